The number of aliphatic hydroxyl groups is 1. The molecule has 0 saturated heterocycles. The van der Waals surface area contributed by atoms with Crippen molar-refractivity contribution in [2.45, 2.75) is 37.2 Å². The highest BCUT2D eigenvalue weighted by molar-refractivity contribution is 5.95. The van der Waals surface area contributed by atoms with Gasteiger partial charge in [-0.15, -0.1) is 10.2 Å². The van der Waals surface area contributed by atoms with Gasteiger partial charge in [-0.05, 0) is 25.3 Å². The second-order valence-corrected chi connectivity index (χ2v) is 6.30. The molecular weight excluding hydrogens is 412 g/mol. The molecular formula is C15H13F6N5O3. The Morgan fingerprint density at radius 3 is 2.45 bits per heavy atom. The lowest BCUT2D eigenvalue weighted by atomic mass is 9.95. The van der Waals surface area contributed by atoms with Gasteiger partial charge in [-0.25, -0.2) is 4.98 Å². The molecule has 1 amide bonds. The molecule has 3 rings (SSSR count). The van der Waals surface area contributed by atoms with Gasteiger partial charge >= 0.3 is 12.4 Å². The molecule has 0 radical (unpaired) electrons. The number of carbonyl (C=O) groups excluding carboxylic acids is 1. The molecule has 2 aromatic heterocycles. The van der Waals surface area contributed by atoms with Crippen LogP contribution in [0.4, 0.5) is 32.0 Å². The van der Waals surface area contributed by atoms with Crippen molar-refractivity contribution >= 4 is 11.6 Å². The smallest absolute Gasteiger partial charge is 0.416 e. The first-order chi connectivity index (χ1) is 13.3. The van der Waals surface area contributed by atoms with Crippen molar-refractivity contribution in [3.8, 4) is 11.6 Å². The van der Waals surface area contributed by atoms with Gasteiger partial charge in [0.05, 0.1) is 11.3 Å². The van der Waals surface area contributed by atoms with Gasteiger partial charge < -0.3 is 20.6 Å². The molecule has 0 saturated carbocycles. The quantitative estimate of drug-likeness (QED) is 0.553. The fourth-order valence-corrected chi connectivity index (χ4v) is 2.74. The molecule has 4 N–H and O–H groups in total. The zero-order valence-electron chi connectivity index (χ0n) is 14.4. The molecule has 1 aliphatic heterocycles. The summed E-state index contributed by atoms with van der Waals surface area (Å²) in [4.78, 5) is 15.7. The van der Waals surface area contributed by atoms with Crippen LogP contribution < -0.4 is 11.1 Å². The van der Waals surface area contributed by atoms with Crippen LogP contribution in [0.25, 0.3) is 11.6 Å². The minimum Gasteiger partial charge on any atom is -0.416 e. The van der Waals surface area contributed by atoms with E-state index in [1.807, 2.05) is 0 Å². The summed E-state index contributed by atoms with van der Waals surface area (Å²) in [6, 6.07) is 0.400. The standard InChI is InChI=1S/C15H13F6N5O3/c16-14(17,18)6-5-7(22)9-11-25-26-12(29-11)13(28,15(19,20)21)3-1-2-4-23-10(27)8(6)24-9/h5,28H,1-4,22H2,(H,23,27). The maximum atomic E-state index is 13.4. The summed E-state index contributed by atoms with van der Waals surface area (Å²) in [5, 5.41) is 18.8. The number of halogens is 6. The van der Waals surface area contributed by atoms with Crippen molar-refractivity contribution in [1.29, 1.82) is 0 Å². The van der Waals surface area contributed by atoms with Crippen LogP contribution in [0.15, 0.2) is 10.5 Å². The topological polar surface area (TPSA) is 127 Å². The number of fused-ring (bicyclic) bond motifs is 5. The van der Waals surface area contributed by atoms with E-state index in [-0.39, 0.29) is 19.4 Å². The van der Waals surface area contributed by atoms with Crippen LogP contribution in [0, 0.1) is 0 Å². The van der Waals surface area contributed by atoms with Crippen molar-refractivity contribution in [1.82, 2.24) is 20.5 Å². The lowest BCUT2D eigenvalue weighted by Gasteiger charge is -2.26. The first-order valence-electron chi connectivity index (χ1n) is 8.14. The van der Waals surface area contributed by atoms with Gasteiger partial charge in [0.1, 0.15) is 5.69 Å². The first-order valence-corrected chi connectivity index (χ1v) is 8.14. The third kappa shape index (κ3) is 3.71. The molecule has 158 valence electrons. The van der Waals surface area contributed by atoms with Gasteiger partial charge in [-0.3, -0.25) is 4.79 Å². The van der Waals surface area contributed by atoms with Gasteiger partial charge in [-0.2, -0.15) is 26.3 Å². The number of rotatable bonds is 0. The molecule has 8 nitrogen and oxygen atoms in total. The van der Waals surface area contributed by atoms with E-state index in [2.05, 4.69) is 20.5 Å². The van der Waals surface area contributed by atoms with Crippen molar-refractivity contribution in [3.63, 3.8) is 0 Å². The Kier molecular flexibility index (Phi) is 4.93. The molecule has 0 spiro atoms. The number of pyridine rings is 1. The molecule has 1 unspecified atom stereocenters. The molecule has 1 aliphatic rings. The lowest BCUT2D eigenvalue weighted by molar-refractivity contribution is -0.277. The molecule has 0 aliphatic carbocycles. The highest BCUT2D eigenvalue weighted by Crippen LogP contribution is 2.43. The molecule has 4 bridgehead atoms. The fraction of sp³-hybridized carbons (Fsp3) is 0.467. The largest absolute Gasteiger partial charge is 0.426 e. The summed E-state index contributed by atoms with van der Waals surface area (Å²) in [6.45, 7) is -0.250. The summed E-state index contributed by atoms with van der Waals surface area (Å²) in [7, 11) is 0. The second-order valence-electron chi connectivity index (χ2n) is 6.30. The predicted molar refractivity (Wildman–Crippen MR) is 83.1 cm³/mol. The predicted octanol–water partition coefficient (Wildman–Crippen LogP) is 2.40. The van der Waals surface area contributed by atoms with E-state index in [1.165, 1.54) is 0 Å². The Morgan fingerprint density at radius 2 is 1.83 bits per heavy atom. The number of carbonyl (C=O) groups is 1. The number of hydrogen-bond donors (Lipinski definition) is 3. The van der Waals surface area contributed by atoms with E-state index in [4.69, 9.17) is 10.2 Å². The summed E-state index contributed by atoms with van der Waals surface area (Å²) in [6.07, 6.45) is -11.4. The summed E-state index contributed by atoms with van der Waals surface area (Å²) >= 11 is 0. The normalized spacial score (nSPS) is 21.0. The number of anilines is 1. The van der Waals surface area contributed by atoms with Gasteiger partial charge in [0.2, 0.25) is 5.60 Å². The SMILES string of the molecule is Nc1cc(C(F)(F)F)c2nc1-c1nnc(o1)C(O)(C(F)(F)F)CCCCNC2=O. The number of amides is 1. The number of aromatic nitrogens is 3. The Morgan fingerprint density at radius 1 is 1.14 bits per heavy atom. The van der Waals surface area contributed by atoms with Crippen LogP contribution in [0.5, 0.6) is 0 Å². The van der Waals surface area contributed by atoms with E-state index < -0.39 is 64.7 Å². The summed E-state index contributed by atoms with van der Waals surface area (Å²) < 4.78 is 85.0. The molecule has 1 atom stereocenters. The van der Waals surface area contributed by atoms with Crippen molar-refractivity contribution in [2.75, 3.05) is 12.3 Å². The molecule has 0 aromatic carbocycles. The maximum absolute atomic E-state index is 13.4. The molecule has 0 fully saturated rings. The highest BCUT2D eigenvalue weighted by atomic mass is 19.4. The summed E-state index contributed by atoms with van der Waals surface area (Å²) in [5.41, 5.74) is -1.71. The lowest BCUT2D eigenvalue weighted by Crippen LogP contribution is -2.42. The monoisotopic (exact) mass is 425 g/mol. The van der Waals surface area contributed by atoms with Crippen LogP contribution in [0.3, 0.4) is 0 Å². The Balaban J connectivity index is 2.22. The number of hydrogen-bond acceptors (Lipinski definition) is 7. The second kappa shape index (κ2) is 6.86. The molecule has 29 heavy (non-hydrogen) atoms. The molecule has 3 heterocycles. The van der Waals surface area contributed by atoms with Crippen LogP contribution in [0.1, 0.15) is 41.2 Å². The molecule has 14 heteroatoms. The van der Waals surface area contributed by atoms with Crippen molar-refractivity contribution in [3.05, 3.63) is 23.2 Å². The van der Waals surface area contributed by atoms with Crippen LogP contribution >= 0.6 is 0 Å². The number of nitrogens with two attached hydrogens (primary N) is 1. The summed E-state index contributed by atoms with van der Waals surface area (Å²) in [5.74, 6) is -3.19. The number of nitrogens with one attached hydrogen (secondary N) is 1. The number of nitrogens with zero attached hydrogens (tertiary/aromatic N) is 3. The minimum absolute atomic E-state index is 0.0751. The van der Waals surface area contributed by atoms with E-state index >= 15 is 0 Å². The molecule has 2 aromatic rings. The van der Waals surface area contributed by atoms with E-state index in [1.54, 1.807) is 0 Å². The number of alkyl halides is 6. The average Bonchev–Trinajstić information content (AvgIpc) is 3.08. The van der Waals surface area contributed by atoms with Gasteiger partial charge in [0.25, 0.3) is 17.7 Å². The first kappa shape index (κ1) is 20.8. The van der Waals surface area contributed by atoms with E-state index in [0.717, 1.165) is 0 Å². The zero-order valence-corrected chi connectivity index (χ0v) is 14.4. The zero-order chi connectivity index (χ0) is 21.6. The van der Waals surface area contributed by atoms with Gasteiger partial charge in [-0.1, -0.05) is 0 Å². The number of nitrogen functional groups attached to an aromatic ring is 1. The van der Waals surface area contributed by atoms with Gasteiger partial charge in [0.15, 0.2) is 5.69 Å². The van der Waals surface area contributed by atoms with Crippen LogP contribution in [0.2, 0.25) is 0 Å². The fourth-order valence-electron chi connectivity index (χ4n) is 2.74. The Labute approximate surface area is 158 Å². The van der Waals surface area contributed by atoms with E-state index in [0.29, 0.717) is 6.07 Å². The van der Waals surface area contributed by atoms with Crippen molar-refractivity contribution in [2.24, 2.45) is 0 Å². The van der Waals surface area contributed by atoms with Crippen molar-refractivity contribution < 1.29 is 40.7 Å². The Bertz CT molecular complexity index is 941. The van der Waals surface area contributed by atoms with E-state index in [9.17, 15) is 36.2 Å². The van der Waals surface area contributed by atoms with Crippen LogP contribution in [-0.2, 0) is 11.8 Å². The third-order valence-corrected chi connectivity index (χ3v) is 4.27. The third-order valence-electron chi connectivity index (χ3n) is 4.27. The Hall–Kier alpha value is -2.90. The maximum Gasteiger partial charge on any atom is 0.426 e. The average molecular weight is 425 g/mol. The minimum atomic E-state index is -5.18. The highest BCUT2D eigenvalue weighted by Gasteiger charge is 2.58. The van der Waals surface area contributed by atoms with Gasteiger partial charge in [0, 0.05) is 6.54 Å². The van der Waals surface area contributed by atoms with Crippen LogP contribution in [-0.4, -0.2) is 38.9 Å².